The summed E-state index contributed by atoms with van der Waals surface area (Å²) < 4.78 is 62.5. The number of hydrogen-bond donors (Lipinski definition) is 1. The van der Waals surface area contributed by atoms with Gasteiger partial charge < -0.3 is 23.7 Å². The first-order valence-corrected chi connectivity index (χ1v) is 19.5. The van der Waals surface area contributed by atoms with E-state index in [0.29, 0.717) is 49.9 Å². The molecule has 4 heterocycles. The summed E-state index contributed by atoms with van der Waals surface area (Å²) in [5.41, 5.74) is 3.35. The fraction of sp³-hybridized carbons (Fsp3) is 0.541. The van der Waals surface area contributed by atoms with Crippen molar-refractivity contribution in [1.82, 2.24) is 18.8 Å². The summed E-state index contributed by atoms with van der Waals surface area (Å²) in [7, 11) is -0.343. The largest absolute Gasteiger partial charge is 0.486 e. The number of ether oxygens (including phenoxy) is 2. The molecule has 2 aromatic carbocycles. The molecule has 3 aromatic rings. The van der Waals surface area contributed by atoms with Crippen molar-refractivity contribution in [2.75, 3.05) is 64.9 Å². The molecule has 15 heteroatoms. The second-order valence-electron chi connectivity index (χ2n) is 14.4. The van der Waals surface area contributed by atoms with Gasteiger partial charge in [0.2, 0.25) is 0 Å². The van der Waals surface area contributed by atoms with Crippen LogP contribution >= 0.6 is 0 Å². The van der Waals surface area contributed by atoms with Crippen molar-refractivity contribution in [2.24, 2.45) is 0 Å². The molecule has 13 nitrogen and oxygen atoms in total. The average Bonchev–Trinajstić information content (AvgIpc) is 3.65. The minimum Gasteiger partial charge on any atom is -0.486 e. The van der Waals surface area contributed by atoms with Gasteiger partial charge in [-0.05, 0) is 88.7 Å². The highest BCUT2D eigenvalue weighted by molar-refractivity contribution is 7.87. The monoisotopic (exact) mass is 739 g/mol. The number of carbonyl (C=O) groups excluding carboxylic acids is 2. The van der Waals surface area contributed by atoms with Gasteiger partial charge >= 0.3 is 15.8 Å². The van der Waals surface area contributed by atoms with Crippen LogP contribution in [-0.4, -0.2) is 107 Å². The third kappa shape index (κ3) is 6.67. The summed E-state index contributed by atoms with van der Waals surface area (Å²) in [6, 6.07) is 4.76. The van der Waals surface area contributed by atoms with Gasteiger partial charge in [0.05, 0.1) is 42.0 Å². The number of carbonyl (C=O) groups is 2. The molecule has 0 radical (unpaired) electrons. The van der Waals surface area contributed by atoms with E-state index >= 15 is 4.39 Å². The molecule has 0 unspecified atom stereocenters. The Labute approximate surface area is 302 Å². The Morgan fingerprint density at radius 1 is 1.02 bits per heavy atom. The highest BCUT2D eigenvalue weighted by atomic mass is 32.2. The number of amides is 2. The molecular formula is C37H46FN5O8S. The van der Waals surface area contributed by atoms with E-state index in [0.717, 1.165) is 53.8 Å². The van der Waals surface area contributed by atoms with E-state index in [-0.39, 0.29) is 49.5 Å². The first kappa shape index (κ1) is 36.3. The quantitative estimate of drug-likeness (QED) is 0.324. The number of aryl methyl sites for hydroxylation is 2. The molecule has 1 atom stereocenters. The Kier molecular flexibility index (Phi) is 10.1. The van der Waals surface area contributed by atoms with Crippen LogP contribution in [0.5, 0.6) is 5.75 Å². The lowest BCUT2D eigenvalue weighted by Gasteiger charge is -2.41. The van der Waals surface area contributed by atoms with Crippen LogP contribution in [0, 0.1) is 19.7 Å². The van der Waals surface area contributed by atoms with Crippen molar-refractivity contribution in [3.05, 3.63) is 67.8 Å². The Morgan fingerprint density at radius 2 is 1.75 bits per heavy atom. The molecule has 52 heavy (non-hydrogen) atoms. The fourth-order valence-corrected chi connectivity index (χ4v) is 9.01. The second-order valence-corrected chi connectivity index (χ2v) is 16.1. The smallest absolute Gasteiger partial charge is 0.341 e. The summed E-state index contributed by atoms with van der Waals surface area (Å²) in [5, 5.41) is 0.854. The zero-order chi connectivity index (χ0) is 36.9. The van der Waals surface area contributed by atoms with Gasteiger partial charge in [-0.2, -0.15) is 12.7 Å². The lowest BCUT2D eigenvalue weighted by molar-refractivity contribution is 0.0721. The predicted octanol–water partition coefficient (Wildman–Crippen LogP) is 3.52. The molecule has 2 amide bonds. The number of fused-ring (bicyclic) bond motifs is 3. The standard InChI is InChI=1S/C37H46FN5O8S/c1-22-18-30(41-17-16-40(3)24(19-41)21-49-4)23(2)33-31(22)26-12-15-42(20-29(26)37(46)51-33)36(45)27-10-11-28(34(32(27)38)50-25-8-7-9-25)35(44)39-52(47,48)43-13-5-6-14-43/h10-11,18,24-25H,5-9,12-17,19-21H2,1-4H3,(H,39,44)/t24-/m1/s1. The van der Waals surface area contributed by atoms with Crippen molar-refractivity contribution in [3.8, 4) is 5.75 Å². The van der Waals surface area contributed by atoms with Gasteiger partial charge in [0, 0.05) is 63.0 Å². The molecule has 1 saturated carbocycles. The third-order valence-corrected chi connectivity index (χ3v) is 12.6. The minimum atomic E-state index is -4.14. The molecule has 7 rings (SSSR count). The van der Waals surface area contributed by atoms with Crippen LogP contribution in [0.2, 0.25) is 0 Å². The molecule has 0 spiro atoms. The Hall–Kier alpha value is -4.05. The number of methoxy groups -OCH3 is 1. The maximum absolute atomic E-state index is 16.3. The molecule has 4 aliphatic rings. The maximum atomic E-state index is 16.3. The van der Waals surface area contributed by atoms with Crippen molar-refractivity contribution >= 4 is 38.7 Å². The Morgan fingerprint density at radius 3 is 2.44 bits per heavy atom. The topological polar surface area (TPSA) is 142 Å². The molecule has 1 aliphatic carbocycles. The minimum absolute atomic E-state index is 0.0849. The van der Waals surface area contributed by atoms with Crippen LogP contribution in [0.4, 0.5) is 10.1 Å². The number of hydrogen-bond acceptors (Lipinski definition) is 10. The van der Waals surface area contributed by atoms with E-state index in [4.69, 9.17) is 13.9 Å². The molecule has 2 saturated heterocycles. The maximum Gasteiger partial charge on any atom is 0.341 e. The number of nitrogens with zero attached hydrogens (tertiary/aromatic N) is 4. The van der Waals surface area contributed by atoms with Crippen molar-refractivity contribution in [3.63, 3.8) is 0 Å². The van der Waals surface area contributed by atoms with Gasteiger partial charge in [-0.3, -0.25) is 14.5 Å². The van der Waals surface area contributed by atoms with E-state index in [2.05, 4.69) is 22.9 Å². The first-order valence-electron chi connectivity index (χ1n) is 18.0. The number of halogens is 1. The lowest BCUT2D eigenvalue weighted by Crippen LogP contribution is -2.53. The Balaban J connectivity index is 1.16. The van der Waals surface area contributed by atoms with Crippen molar-refractivity contribution < 1.29 is 36.3 Å². The molecule has 3 aliphatic heterocycles. The molecule has 0 bridgehead atoms. The Bertz CT molecular complexity index is 2080. The SMILES string of the molecule is COC[C@H]1CN(c2cc(C)c3c4c(c(=O)oc3c2C)CN(C(=O)c2ccc(C(=O)NS(=O)(=O)N3CCCC3)c(OC3CCC3)c2F)CC4)CCN1C. The normalized spacial score (nSPS) is 20.2. The summed E-state index contributed by atoms with van der Waals surface area (Å²) >= 11 is 0. The number of rotatable bonds is 9. The number of nitrogens with one attached hydrogen (secondary N) is 1. The average molecular weight is 740 g/mol. The van der Waals surface area contributed by atoms with Gasteiger partial charge in [0.15, 0.2) is 11.6 Å². The van der Waals surface area contributed by atoms with E-state index in [1.165, 1.54) is 21.3 Å². The highest BCUT2D eigenvalue weighted by Crippen LogP contribution is 2.37. The second kappa shape index (κ2) is 14.4. The number of piperazine rings is 1. The van der Waals surface area contributed by atoms with E-state index in [9.17, 15) is 22.8 Å². The highest BCUT2D eigenvalue weighted by Gasteiger charge is 2.35. The zero-order valence-corrected chi connectivity index (χ0v) is 30.9. The van der Waals surface area contributed by atoms with Gasteiger partial charge in [0.1, 0.15) is 5.58 Å². The van der Waals surface area contributed by atoms with Gasteiger partial charge in [-0.25, -0.2) is 13.9 Å². The molecule has 3 fully saturated rings. The molecule has 280 valence electrons. The fourth-order valence-electron chi connectivity index (χ4n) is 7.80. The first-order chi connectivity index (χ1) is 24.9. The summed E-state index contributed by atoms with van der Waals surface area (Å²) in [6.07, 6.45) is 3.51. The van der Waals surface area contributed by atoms with E-state index in [1.807, 2.05) is 18.6 Å². The van der Waals surface area contributed by atoms with Gasteiger partial charge in [0.25, 0.3) is 11.8 Å². The van der Waals surface area contributed by atoms with Crippen molar-refractivity contribution in [1.29, 1.82) is 0 Å². The number of benzene rings is 2. The van der Waals surface area contributed by atoms with Crippen LogP contribution in [0.25, 0.3) is 11.0 Å². The van der Waals surface area contributed by atoms with Crippen LogP contribution in [-0.2, 0) is 27.9 Å². The zero-order valence-electron chi connectivity index (χ0n) is 30.1. The summed E-state index contributed by atoms with van der Waals surface area (Å²) in [4.78, 5) is 46.8. The lowest BCUT2D eigenvalue weighted by atomic mass is 9.92. The molecule has 1 N–H and O–H groups in total. The van der Waals surface area contributed by atoms with Gasteiger partial charge in [-0.1, -0.05) is 0 Å². The van der Waals surface area contributed by atoms with Crippen LogP contribution in [0.3, 0.4) is 0 Å². The number of likely N-dealkylation sites (N-methyl/N-ethyl adjacent to an activating group) is 1. The number of anilines is 1. The van der Waals surface area contributed by atoms with Crippen LogP contribution in [0.1, 0.15) is 75.1 Å². The third-order valence-electron chi connectivity index (χ3n) is 11.1. The van der Waals surface area contributed by atoms with E-state index in [1.54, 1.807) is 7.11 Å². The summed E-state index contributed by atoms with van der Waals surface area (Å²) in [5.74, 6) is -3.22. The van der Waals surface area contributed by atoms with Gasteiger partial charge in [-0.15, -0.1) is 0 Å². The van der Waals surface area contributed by atoms with Crippen LogP contribution in [0.15, 0.2) is 27.4 Å². The van der Waals surface area contributed by atoms with Crippen molar-refractivity contribution in [2.45, 2.75) is 71.1 Å². The molecule has 1 aromatic heterocycles. The van der Waals surface area contributed by atoms with E-state index < -0.39 is 39.2 Å². The molecular weight excluding hydrogens is 693 g/mol. The van der Waals surface area contributed by atoms with Crippen LogP contribution < -0.4 is 20.0 Å². The summed E-state index contributed by atoms with van der Waals surface area (Å²) in [6.45, 7) is 7.74. The predicted molar refractivity (Wildman–Crippen MR) is 193 cm³/mol.